The lowest BCUT2D eigenvalue weighted by Gasteiger charge is -2.47. The summed E-state index contributed by atoms with van der Waals surface area (Å²) in [4.78, 5) is 0. The highest BCUT2D eigenvalue weighted by Gasteiger charge is 2.12. The van der Waals surface area contributed by atoms with E-state index in [9.17, 15) is 0 Å². The molecule has 0 amide bonds. The molecule has 0 aliphatic carbocycles. The summed E-state index contributed by atoms with van der Waals surface area (Å²) in [7, 11) is 0. The lowest BCUT2D eigenvalue weighted by molar-refractivity contribution is -0.691. The van der Waals surface area contributed by atoms with Gasteiger partial charge in [-0.15, -0.1) is 0 Å². The molecule has 0 radical (unpaired) electrons. The van der Waals surface area contributed by atoms with Crippen LogP contribution in [0.2, 0.25) is 0 Å². The molecule has 0 spiro atoms. The van der Waals surface area contributed by atoms with E-state index in [4.69, 9.17) is 37.7 Å². The Morgan fingerprint density at radius 1 is 0.517 bits per heavy atom. The van der Waals surface area contributed by atoms with Crippen molar-refractivity contribution in [2.45, 2.75) is 142 Å². The average molecular weight is 461 g/mol. The Hall–Kier alpha value is 0.620. The monoisotopic (exact) mass is 460 g/mol. The van der Waals surface area contributed by atoms with Crippen molar-refractivity contribution < 1.29 is 3.89 Å². The molecule has 174 valence electrons. The largest absolute Gasteiger partial charge is 0.489 e. The van der Waals surface area contributed by atoms with Crippen LogP contribution in [0.15, 0.2) is 0 Å². The summed E-state index contributed by atoms with van der Waals surface area (Å²) < 4.78 is 1.02. The molecule has 0 aliphatic heterocycles. The Bertz CT molecular complexity index is 336. The quantitative estimate of drug-likeness (QED) is 0.0684. The van der Waals surface area contributed by atoms with Gasteiger partial charge < -0.3 is 41.5 Å². The first-order chi connectivity index (χ1) is 14.1. The molecule has 0 bridgehead atoms. The number of unbranched alkanes of at least 4 members (excludes halogenated alkanes) is 18. The molecule has 0 fully saturated rings. The van der Waals surface area contributed by atoms with Gasteiger partial charge in [-0.2, -0.15) is 0 Å². The minimum Gasteiger partial charge on any atom is -0.489 e. The highest BCUT2D eigenvalue weighted by Crippen LogP contribution is 2.16. The molecule has 0 atom stereocenters. The van der Waals surface area contributed by atoms with Crippen molar-refractivity contribution in [3.05, 3.63) is 0 Å². The fourth-order valence-electron chi connectivity index (χ4n) is 4.00. The van der Waals surface area contributed by atoms with Crippen molar-refractivity contribution >= 4 is 42.0 Å². The van der Waals surface area contributed by atoms with Crippen molar-refractivity contribution in [1.82, 2.24) is 0 Å². The predicted molar refractivity (Wildman–Crippen MR) is 141 cm³/mol. The topological polar surface area (TPSA) is 0 Å². The molecular weight excluding hydrogens is 410 g/mol. The zero-order valence-corrected chi connectivity index (χ0v) is 22.2. The maximum atomic E-state index is 5.84. The van der Waals surface area contributed by atoms with E-state index in [2.05, 4.69) is 13.8 Å². The predicted octanol–water partition coefficient (Wildman–Crippen LogP) is 8.94. The van der Waals surface area contributed by atoms with Gasteiger partial charge in [0.05, 0.1) is 13.1 Å². The number of hydrogen-bond donors (Lipinski definition) is 0. The molecule has 0 aliphatic rings. The molecule has 0 aromatic heterocycles. The van der Waals surface area contributed by atoms with Crippen LogP contribution >= 0.6 is 12.2 Å². The average Bonchev–Trinajstić information content (AvgIpc) is 2.70. The number of nitrogens with zero attached hydrogens (tertiary/aromatic N) is 1. The summed E-state index contributed by atoms with van der Waals surface area (Å²) >= 11 is 16.5. The van der Waals surface area contributed by atoms with Crippen LogP contribution < -0.4 is 0 Å². The smallest absolute Gasteiger partial charge is 0.0656 e. The summed E-state index contributed by atoms with van der Waals surface area (Å²) in [6, 6.07) is 0. The fraction of sp³-hybridized carbons (Fsp3) is 0.960. The van der Waals surface area contributed by atoms with Crippen LogP contribution in [0.5, 0.6) is 0 Å². The van der Waals surface area contributed by atoms with Gasteiger partial charge in [0.25, 0.3) is 0 Å². The third kappa shape index (κ3) is 19.1. The molecule has 0 saturated heterocycles. The second-order valence-electron chi connectivity index (χ2n) is 8.97. The highest BCUT2D eigenvalue weighted by atomic mass is 32.1. The Kier molecular flexibility index (Phi) is 22.3. The standard InChI is InChI=1S/C25H51NS3/c1-3-5-7-9-11-13-15-17-19-21-23-26(29,25(27)28)24-22-20-18-16-14-12-10-8-6-4-2/h3-24H2,1-2H3,(H,27,28)/p-1. The van der Waals surface area contributed by atoms with Crippen molar-refractivity contribution in [1.29, 1.82) is 0 Å². The third-order valence-electron chi connectivity index (χ3n) is 6.08. The van der Waals surface area contributed by atoms with Crippen LogP contribution in [-0.4, -0.2) is 21.3 Å². The summed E-state index contributed by atoms with van der Waals surface area (Å²) in [5.74, 6) is 0. The fourth-order valence-corrected chi connectivity index (χ4v) is 4.63. The van der Waals surface area contributed by atoms with Crippen molar-refractivity contribution in [3.63, 3.8) is 0 Å². The summed E-state index contributed by atoms with van der Waals surface area (Å²) in [6.07, 6.45) is 27.1. The van der Waals surface area contributed by atoms with Gasteiger partial charge in [0.1, 0.15) is 0 Å². The lowest BCUT2D eigenvalue weighted by Crippen LogP contribution is -2.47. The molecule has 0 rings (SSSR count). The Morgan fingerprint density at radius 3 is 1.00 bits per heavy atom. The lowest BCUT2D eigenvalue weighted by atomic mass is 10.1. The van der Waals surface area contributed by atoms with Gasteiger partial charge in [0.2, 0.25) is 0 Å². The normalized spacial score (nSPS) is 11.8. The first-order valence-electron chi connectivity index (χ1n) is 12.9. The molecule has 0 unspecified atom stereocenters. The second kappa shape index (κ2) is 21.8. The zero-order valence-electron chi connectivity index (χ0n) is 19.7. The van der Waals surface area contributed by atoms with Gasteiger partial charge in [-0.05, 0) is 25.7 Å². The Balaban J connectivity index is 3.65. The van der Waals surface area contributed by atoms with Gasteiger partial charge in [-0.3, -0.25) is 0 Å². The number of rotatable bonds is 22. The van der Waals surface area contributed by atoms with Crippen LogP contribution in [-0.2, 0) is 25.4 Å². The number of hydrogen-bond acceptors (Lipinski definition) is 3. The molecule has 4 heteroatoms. The molecule has 1 nitrogen and oxygen atoms in total. The SMILES string of the molecule is CCCCCCCCCCCC[N+]([S-])(CCCCCCCCCCCC)C(=S)[S-]. The van der Waals surface area contributed by atoms with Gasteiger partial charge in [-0.25, -0.2) is 0 Å². The minimum atomic E-state index is 0.429. The van der Waals surface area contributed by atoms with Gasteiger partial charge in [-0.1, -0.05) is 117 Å². The number of quaternary nitrogens is 1. The van der Waals surface area contributed by atoms with E-state index < -0.39 is 0 Å². The van der Waals surface area contributed by atoms with Gasteiger partial charge in [0.15, 0.2) is 0 Å². The van der Waals surface area contributed by atoms with E-state index in [0.717, 1.165) is 13.1 Å². The molecule has 0 N–H and O–H groups in total. The van der Waals surface area contributed by atoms with Crippen molar-refractivity contribution in [2.75, 3.05) is 13.1 Å². The summed E-state index contributed by atoms with van der Waals surface area (Å²) in [5, 5.41) is 0. The minimum absolute atomic E-state index is 0.429. The van der Waals surface area contributed by atoms with Crippen LogP contribution in [0, 0.1) is 0 Å². The van der Waals surface area contributed by atoms with Crippen LogP contribution in [0.1, 0.15) is 142 Å². The van der Waals surface area contributed by atoms with E-state index in [0.29, 0.717) is 8.21 Å². The van der Waals surface area contributed by atoms with E-state index in [-0.39, 0.29) is 0 Å². The molecule has 0 saturated carbocycles. The van der Waals surface area contributed by atoms with Gasteiger partial charge >= 0.3 is 0 Å². The summed E-state index contributed by atoms with van der Waals surface area (Å²) in [6.45, 7) is 6.49. The van der Waals surface area contributed by atoms with Crippen molar-refractivity contribution in [2.24, 2.45) is 0 Å². The first-order valence-corrected chi connectivity index (χ1v) is 14.0. The molecular formula is C25H50NS3-. The van der Waals surface area contributed by atoms with Crippen LogP contribution in [0.4, 0.5) is 0 Å². The zero-order chi connectivity index (χ0) is 21.6. The summed E-state index contributed by atoms with van der Waals surface area (Å²) in [5.41, 5.74) is 0. The molecule has 29 heavy (non-hydrogen) atoms. The maximum Gasteiger partial charge on any atom is 0.0656 e. The number of thiocarbonyl (C=S) groups is 1. The van der Waals surface area contributed by atoms with E-state index >= 15 is 0 Å². The second-order valence-corrected chi connectivity index (χ2v) is 10.7. The molecule has 0 aromatic carbocycles. The Labute approximate surface area is 200 Å². The Morgan fingerprint density at radius 2 is 0.759 bits per heavy atom. The molecule has 0 heterocycles. The first kappa shape index (κ1) is 29.6. The molecule has 0 aromatic rings. The van der Waals surface area contributed by atoms with E-state index in [1.807, 2.05) is 0 Å². The third-order valence-corrected chi connectivity index (χ3v) is 7.56. The van der Waals surface area contributed by atoms with Crippen LogP contribution in [0.3, 0.4) is 0 Å². The highest BCUT2D eigenvalue weighted by molar-refractivity contribution is 8.00. The van der Waals surface area contributed by atoms with Crippen LogP contribution in [0.25, 0.3) is 0 Å². The maximum absolute atomic E-state index is 5.84. The van der Waals surface area contributed by atoms with Crippen molar-refractivity contribution in [3.8, 4) is 0 Å². The van der Waals surface area contributed by atoms with Gasteiger partial charge in [0, 0.05) is 4.32 Å². The van der Waals surface area contributed by atoms with E-state index in [1.165, 1.54) is 128 Å². The van der Waals surface area contributed by atoms with E-state index in [1.54, 1.807) is 0 Å².